The zero-order chi connectivity index (χ0) is 19.6. The molecule has 2 aromatic carbocycles. The van der Waals surface area contributed by atoms with Gasteiger partial charge in [0, 0.05) is 16.5 Å². The van der Waals surface area contributed by atoms with Crippen molar-refractivity contribution >= 4 is 69.7 Å². The molecule has 0 unspecified atom stereocenters. The van der Waals surface area contributed by atoms with E-state index in [4.69, 9.17) is 64.6 Å². The number of carbonyl (C=O) groups is 1. The van der Waals surface area contributed by atoms with E-state index in [1.165, 1.54) is 19.2 Å². The first-order valence-electron chi connectivity index (χ1n) is 6.79. The second kappa shape index (κ2) is 8.35. The smallest absolute Gasteiger partial charge is 0.337 e. The normalized spacial score (nSPS) is 10.2. The van der Waals surface area contributed by atoms with Crippen LogP contribution in [-0.2, 0) is 11.2 Å². The van der Waals surface area contributed by atoms with Crippen LogP contribution in [0, 0.1) is 17.9 Å². The Bertz CT molecular complexity index is 983. The summed E-state index contributed by atoms with van der Waals surface area (Å²) in [5.41, 5.74) is 0.790. The maximum Gasteiger partial charge on any atom is 0.337 e. The molecule has 0 aliphatic carbocycles. The lowest BCUT2D eigenvalue weighted by Gasteiger charge is -2.15. The lowest BCUT2D eigenvalue weighted by Crippen LogP contribution is -2.03. The molecule has 0 fully saturated rings. The zero-order valence-electron chi connectivity index (χ0n) is 13.0. The van der Waals surface area contributed by atoms with Gasteiger partial charge in [-0.3, -0.25) is 0 Å². The molecule has 26 heavy (non-hydrogen) atoms. The van der Waals surface area contributed by atoms with E-state index in [-0.39, 0.29) is 53.9 Å². The molecule has 4 nitrogen and oxygen atoms in total. The highest BCUT2D eigenvalue weighted by atomic mass is 35.5. The molecule has 0 heterocycles. The minimum Gasteiger partial charge on any atom is -0.465 e. The maximum atomic E-state index is 11.6. The molecule has 0 N–H and O–H groups in total. The Morgan fingerprint density at radius 1 is 1.12 bits per heavy atom. The van der Waals surface area contributed by atoms with E-state index >= 15 is 0 Å². The molecule has 132 valence electrons. The first-order valence-corrected chi connectivity index (χ1v) is 8.68. The Balaban J connectivity index is 2.66. The molecule has 0 aliphatic rings. The zero-order valence-corrected chi connectivity index (χ0v) is 16.7. The van der Waals surface area contributed by atoms with Crippen LogP contribution in [0.25, 0.3) is 4.85 Å². The van der Waals surface area contributed by atoms with Gasteiger partial charge in [0.2, 0.25) is 5.69 Å². The van der Waals surface area contributed by atoms with Crippen molar-refractivity contribution in [2.45, 2.75) is 6.42 Å². The molecule has 0 spiro atoms. The minimum atomic E-state index is -0.594. The van der Waals surface area contributed by atoms with Crippen molar-refractivity contribution in [1.82, 2.24) is 0 Å². The fraction of sp³-hybridized carbons (Fsp3) is 0.118. The van der Waals surface area contributed by atoms with Gasteiger partial charge in [0.1, 0.15) is 0 Å². The number of ether oxygens (including phenoxy) is 1. The van der Waals surface area contributed by atoms with Gasteiger partial charge in [-0.15, -0.1) is 0 Å². The van der Waals surface area contributed by atoms with Gasteiger partial charge < -0.3 is 4.74 Å². The van der Waals surface area contributed by atoms with Gasteiger partial charge >= 0.3 is 5.97 Å². The lowest BCUT2D eigenvalue weighted by molar-refractivity contribution is 0.0600. The van der Waals surface area contributed by atoms with Crippen molar-refractivity contribution in [3.05, 3.63) is 70.9 Å². The highest BCUT2D eigenvalue weighted by Gasteiger charge is 2.23. The lowest BCUT2D eigenvalue weighted by atomic mass is 9.98. The Morgan fingerprint density at radius 3 is 2.15 bits per heavy atom. The third-order valence-corrected chi connectivity index (χ3v) is 5.46. The third-order valence-electron chi connectivity index (χ3n) is 3.53. The number of nitrogens with zero attached hydrogens (tertiary/aromatic N) is 2. The largest absolute Gasteiger partial charge is 0.465 e. The van der Waals surface area contributed by atoms with Gasteiger partial charge in [0.05, 0.1) is 45.9 Å². The molecule has 2 aromatic rings. The molecule has 9 heteroatoms. The third kappa shape index (κ3) is 3.71. The Hall–Kier alpha value is -1.66. The summed E-state index contributed by atoms with van der Waals surface area (Å²) in [6.45, 7) is 7.14. The molecular formula is C17H7Cl5N2O2. The number of benzene rings is 2. The first-order chi connectivity index (χ1) is 12.3. The van der Waals surface area contributed by atoms with Crippen LogP contribution in [0.5, 0.6) is 0 Å². The monoisotopic (exact) mass is 446 g/mol. The van der Waals surface area contributed by atoms with E-state index in [0.717, 1.165) is 0 Å². The van der Waals surface area contributed by atoms with Crippen molar-refractivity contribution in [2.24, 2.45) is 0 Å². The summed E-state index contributed by atoms with van der Waals surface area (Å²) in [6.07, 6.45) is 0.0264. The predicted molar refractivity (Wildman–Crippen MR) is 103 cm³/mol. The number of carbonyl (C=O) groups excluding carboxylic acids is 1. The summed E-state index contributed by atoms with van der Waals surface area (Å²) in [5, 5.41) is 9.66. The molecule has 0 bridgehead atoms. The van der Waals surface area contributed by atoms with Crippen molar-refractivity contribution in [2.75, 3.05) is 7.11 Å². The Morgan fingerprint density at radius 2 is 1.69 bits per heavy atom. The summed E-state index contributed by atoms with van der Waals surface area (Å²) in [5.74, 6) is -0.594. The van der Waals surface area contributed by atoms with E-state index < -0.39 is 5.97 Å². The summed E-state index contributed by atoms with van der Waals surface area (Å²) in [7, 11) is 1.24. The highest BCUT2D eigenvalue weighted by molar-refractivity contribution is 6.47. The van der Waals surface area contributed by atoms with Crippen LogP contribution in [0.4, 0.5) is 5.69 Å². The number of halogens is 5. The van der Waals surface area contributed by atoms with Crippen molar-refractivity contribution in [1.29, 1.82) is 5.26 Å². The van der Waals surface area contributed by atoms with E-state index in [2.05, 4.69) is 9.58 Å². The van der Waals surface area contributed by atoms with Crippen LogP contribution in [0.15, 0.2) is 12.1 Å². The van der Waals surface area contributed by atoms with Gasteiger partial charge in [-0.1, -0.05) is 58.0 Å². The average molecular weight is 449 g/mol. The highest BCUT2D eigenvalue weighted by Crippen LogP contribution is 2.45. The van der Waals surface area contributed by atoms with Crippen molar-refractivity contribution < 1.29 is 9.53 Å². The SMILES string of the molecule is [C-]#[N+]c1c(Cl)c(Cl)c(Cc2c(Cl)cc(C(=O)OC)cc2Cl)c(C#N)c1Cl. The fourth-order valence-corrected chi connectivity index (χ4v) is 3.72. The molecule has 0 amide bonds. The average Bonchev–Trinajstić information content (AvgIpc) is 2.61. The molecular weight excluding hydrogens is 441 g/mol. The number of esters is 1. The van der Waals surface area contributed by atoms with Gasteiger partial charge in [0.15, 0.2) is 0 Å². The summed E-state index contributed by atoms with van der Waals surface area (Å²) in [6, 6.07) is 4.71. The predicted octanol–water partition coefficient (Wildman–Crippen LogP) is 6.75. The molecule has 0 atom stereocenters. The molecule has 0 radical (unpaired) electrons. The van der Waals surface area contributed by atoms with E-state index in [1.807, 2.05) is 6.07 Å². The number of rotatable bonds is 3. The van der Waals surface area contributed by atoms with Gasteiger partial charge in [-0.25, -0.2) is 9.64 Å². The second-order valence-corrected chi connectivity index (χ2v) is 6.90. The van der Waals surface area contributed by atoms with Crippen LogP contribution in [-0.4, -0.2) is 13.1 Å². The van der Waals surface area contributed by atoms with E-state index in [0.29, 0.717) is 5.56 Å². The Labute approximate surface area is 174 Å². The first kappa shape index (κ1) is 20.6. The summed E-state index contributed by atoms with van der Waals surface area (Å²) >= 11 is 30.9. The molecule has 0 aromatic heterocycles. The van der Waals surface area contributed by atoms with E-state index in [1.54, 1.807) is 0 Å². The van der Waals surface area contributed by atoms with Gasteiger partial charge in [-0.05, 0) is 23.3 Å². The number of nitriles is 1. The number of methoxy groups -OCH3 is 1. The number of hydrogen-bond donors (Lipinski definition) is 0. The quantitative estimate of drug-likeness (QED) is 0.296. The molecule has 0 saturated carbocycles. The molecule has 0 aliphatic heterocycles. The fourth-order valence-electron chi connectivity index (χ4n) is 2.26. The van der Waals surface area contributed by atoms with Crippen molar-refractivity contribution in [3.63, 3.8) is 0 Å². The van der Waals surface area contributed by atoms with Crippen LogP contribution in [0.2, 0.25) is 25.1 Å². The van der Waals surface area contributed by atoms with Crippen molar-refractivity contribution in [3.8, 4) is 6.07 Å². The topological polar surface area (TPSA) is 54.5 Å². The number of hydrogen-bond acceptors (Lipinski definition) is 3. The summed E-state index contributed by atoms with van der Waals surface area (Å²) < 4.78 is 4.63. The van der Waals surface area contributed by atoms with Gasteiger partial charge in [-0.2, -0.15) is 5.26 Å². The van der Waals surface area contributed by atoms with Crippen LogP contribution < -0.4 is 0 Å². The standard InChI is InChI=1S/C17H7Cl5N2O2/c1-24-16-14(21)10(6-23)8(13(20)15(16)22)5-9-11(18)3-7(4-12(9)19)17(25)26-2/h3-4H,5H2,2H3. The minimum absolute atomic E-state index is 0.0104. The maximum absolute atomic E-state index is 11.6. The van der Waals surface area contributed by atoms with Crippen LogP contribution in [0.1, 0.15) is 27.0 Å². The molecule has 2 rings (SSSR count). The van der Waals surface area contributed by atoms with Gasteiger partial charge in [0.25, 0.3) is 0 Å². The van der Waals surface area contributed by atoms with Crippen LogP contribution in [0.3, 0.4) is 0 Å². The molecule has 0 saturated heterocycles. The Kier molecular flexibility index (Phi) is 6.64. The van der Waals surface area contributed by atoms with E-state index in [9.17, 15) is 10.1 Å². The van der Waals surface area contributed by atoms with Crippen LogP contribution >= 0.6 is 58.0 Å². The summed E-state index contributed by atoms with van der Waals surface area (Å²) in [4.78, 5) is 14.8. The second-order valence-electron chi connectivity index (χ2n) is 4.95.